The number of carbonyl (C=O) groups is 2. The van der Waals surface area contributed by atoms with Gasteiger partial charge in [-0.3, -0.25) is 4.79 Å². The molecule has 124 valence electrons. The number of hydrogen-bond donors (Lipinski definition) is 1. The number of rotatable bonds is 3. The summed E-state index contributed by atoms with van der Waals surface area (Å²) in [5, 5.41) is 9.27. The molecule has 1 fully saturated rings. The molecule has 0 saturated carbocycles. The van der Waals surface area contributed by atoms with Crippen molar-refractivity contribution in [2.45, 2.75) is 18.8 Å². The Hall–Kier alpha value is -2.45. The number of aliphatic hydroxyl groups excluding tert-OH is 1. The number of likely N-dealkylation sites (tertiary alicyclic amines) is 1. The van der Waals surface area contributed by atoms with Crippen LogP contribution in [-0.2, 0) is 15.0 Å². The van der Waals surface area contributed by atoms with Gasteiger partial charge < -0.3 is 14.8 Å². The van der Waals surface area contributed by atoms with E-state index in [0.29, 0.717) is 13.0 Å². The third-order valence-electron chi connectivity index (χ3n) is 5.31. The summed E-state index contributed by atoms with van der Waals surface area (Å²) in [7, 11) is 0. The number of Topliss-reactive ketones (excluding diaryl/α,β-unsaturated/α-hetero) is 1. The molecule has 0 radical (unpaired) electrons. The van der Waals surface area contributed by atoms with Crippen molar-refractivity contribution < 1.29 is 14.7 Å². The molecule has 1 aromatic rings. The summed E-state index contributed by atoms with van der Waals surface area (Å²) in [6.45, 7) is 9.85. The predicted molar refractivity (Wildman–Crippen MR) is 88.7 cm³/mol. The van der Waals surface area contributed by atoms with E-state index in [2.05, 4.69) is 4.85 Å². The van der Waals surface area contributed by atoms with Gasteiger partial charge in [-0.05, 0) is 17.9 Å². The van der Waals surface area contributed by atoms with Crippen molar-refractivity contribution in [2.75, 3.05) is 19.7 Å². The lowest BCUT2D eigenvalue weighted by Crippen LogP contribution is -2.59. The molecule has 5 nitrogen and oxygen atoms in total. The summed E-state index contributed by atoms with van der Waals surface area (Å²) in [6.07, 6.45) is 2.25. The largest absolute Gasteiger partial charge is 0.395 e. The van der Waals surface area contributed by atoms with Crippen LogP contribution in [0.15, 0.2) is 42.1 Å². The fourth-order valence-corrected chi connectivity index (χ4v) is 4.12. The third kappa shape index (κ3) is 2.26. The number of benzene rings is 1. The predicted octanol–water partition coefficient (Wildman–Crippen LogP) is 1.79. The first kappa shape index (κ1) is 16.4. The van der Waals surface area contributed by atoms with Gasteiger partial charge in [-0.25, -0.2) is 4.85 Å². The average molecular weight is 324 g/mol. The lowest BCUT2D eigenvalue weighted by molar-refractivity contribution is -0.145. The first-order chi connectivity index (χ1) is 11.6. The van der Waals surface area contributed by atoms with E-state index in [0.717, 1.165) is 5.56 Å². The molecule has 1 N–H and O–H groups in total. The normalized spacial score (nSPS) is 29.7. The molecule has 1 aliphatic heterocycles. The molecular formula is C19H20N2O3. The van der Waals surface area contributed by atoms with E-state index in [1.165, 1.54) is 0 Å². The Labute approximate surface area is 141 Å². The van der Waals surface area contributed by atoms with Gasteiger partial charge in [0, 0.05) is 19.0 Å². The van der Waals surface area contributed by atoms with E-state index in [1.54, 1.807) is 11.0 Å². The minimum absolute atomic E-state index is 0.0433. The van der Waals surface area contributed by atoms with Gasteiger partial charge in [-0.2, -0.15) is 0 Å². The monoisotopic (exact) mass is 324 g/mol. The van der Waals surface area contributed by atoms with Crippen LogP contribution in [0.5, 0.6) is 0 Å². The number of carbonyl (C=O) groups excluding carboxylic acids is 2. The zero-order valence-corrected chi connectivity index (χ0v) is 13.6. The standard InChI is InChI=1S/C19H20N2O3/c1-13-15-8-9-21(10-11-22)18(24)19(15,12-16(20-2)17(13)23)14-6-4-3-5-7-14/h3-7,12-13,15,22H,8-11H2,1H3/t13-,15-,19+/m1/s1. The fraction of sp³-hybridized carbons (Fsp3) is 0.421. The third-order valence-corrected chi connectivity index (χ3v) is 5.31. The number of hydrogen-bond acceptors (Lipinski definition) is 3. The number of piperidine rings is 1. The van der Waals surface area contributed by atoms with E-state index in [9.17, 15) is 14.7 Å². The zero-order chi connectivity index (χ0) is 17.3. The van der Waals surface area contributed by atoms with Crippen molar-refractivity contribution >= 4 is 11.7 Å². The van der Waals surface area contributed by atoms with Gasteiger partial charge in [-0.15, -0.1) is 0 Å². The van der Waals surface area contributed by atoms with Gasteiger partial charge in [0.1, 0.15) is 0 Å². The number of allylic oxidation sites excluding steroid dienone is 1. The van der Waals surface area contributed by atoms with Crippen LogP contribution in [0.4, 0.5) is 0 Å². The number of nitrogens with zero attached hydrogens (tertiary/aromatic N) is 2. The fourth-order valence-electron chi connectivity index (χ4n) is 4.12. The molecule has 0 spiro atoms. The lowest BCUT2D eigenvalue weighted by atomic mass is 9.58. The molecule has 0 bridgehead atoms. The Bertz CT molecular complexity index is 735. The maximum Gasteiger partial charge on any atom is 0.236 e. The molecule has 5 heteroatoms. The smallest absolute Gasteiger partial charge is 0.236 e. The minimum Gasteiger partial charge on any atom is -0.395 e. The highest BCUT2D eigenvalue weighted by Crippen LogP contribution is 2.49. The summed E-state index contributed by atoms with van der Waals surface area (Å²) in [4.78, 5) is 30.8. The Balaban J connectivity index is 2.24. The van der Waals surface area contributed by atoms with E-state index >= 15 is 0 Å². The molecule has 2 aliphatic rings. The summed E-state index contributed by atoms with van der Waals surface area (Å²) in [5.41, 5.74) is -0.146. The first-order valence-electron chi connectivity index (χ1n) is 8.16. The van der Waals surface area contributed by atoms with Crippen LogP contribution < -0.4 is 0 Å². The molecule has 0 unspecified atom stereocenters. The molecule has 1 amide bonds. The van der Waals surface area contributed by atoms with E-state index in [4.69, 9.17) is 6.57 Å². The van der Waals surface area contributed by atoms with Crippen LogP contribution in [-0.4, -0.2) is 41.4 Å². The highest BCUT2D eigenvalue weighted by molar-refractivity contribution is 6.04. The second kappa shape index (κ2) is 6.21. The molecule has 1 aromatic carbocycles. The average Bonchev–Trinajstić information content (AvgIpc) is 2.61. The number of β-amino-alcohol motifs (C(OH)–C–C–N with tert-alkyl or cyclic N) is 1. The SMILES string of the molecule is [C-]#[N+]C1=C[C@@]2(c3ccccc3)C(=O)N(CCO)CC[C@@H]2[C@@H](C)C1=O. The quantitative estimate of drug-likeness (QED) is 0.862. The van der Waals surface area contributed by atoms with Gasteiger partial charge in [0.25, 0.3) is 0 Å². The van der Waals surface area contributed by atoms with Gasteiger partial charge in [-0.1, -0.05) is 43.3 Å². The van der Waals surface area contributed by atoms with E-state index in [-0.39, 0.29) is 42.4 Å². The van der Waals surface area contributed by atoms with Crippen molar-refractivity contribution in [1.82, 2.24) is 4.90 Å². The second-order valence-corrected chi connectivity index (χ2v) is 6.44. The molecule has 1 heterocycles. The molecule has 0 aromatic heterocycles. The minimum atomic E-state index is -0.998. The van der Waals surface area contributed by atoms with E-state index in [1.807, 2.05) is 37.3 Å². The second-order valence-electron chi connectivity index (χ2n) is 6.44. The van der Waals surface area contributed by atoms with Crippen molar-refractivity contribution in [1.29, 1.82) is 0 Å². The van der Waals surface area contributed by atoms with Gasteiger partial charge in [0.05, 0.1) is 18.6 Å². The van der Waals surface area contributed by atoms with E-state index < -0.39 is 5.41 Å². The van der Waals surface area contributed by atoms with Crippen molar-refractivity contribution in [3.8, 4) is 0 Å². The molecule has 3 atom stereocenters. The molecule has 1 aliphatic carbocycles. The molecule has 1 saturated heterocycles. The lowest BCUT2D eigenvalue weighted by Gasteiger charge is -2.50. The van der Waals surface area contributed by atoms with Crippen LogP contribution in [0.1, 0.15) is 18.9 Å². The summed E-state index contributed by atoms with van der Waals surface area (Å²) >= 11 is 0. The van der Waals surface area contributed by atoms with Crippen LogP contribution >= 0.6 is 0 Å². The van der Waals surface area contributed by atoms with Gasteiger partial charge in [0.15, 0.2) is 5.78 Å². The van der Waals surface area contributed by atoms with Gasteiger partial charge >= 0.3 is 0 Å². The molecular weight excluding hydrogens is 304 g/mol. The van der Waals surface area contributed by atoms with Crippen molar-refractivity contribution in [3.05, 3.63) is 59.1 Å². The Morgan fingerprint density at radius 3 is 2.67 bits per heavy atom. The Kier molecular flexibility index (Phi) is 4.25. The zero-order valence-electron chi connectivity index (χ0n) is 13.6. The Morgan fingerprint density at radius 2 is 2.04 bits per heavy atom. The summed E-state index contributed by atoms with van der Waals surface area (Å²) in [5.74, 6) is -0.843. The van der Waals surface area contributed by atoms with Crippen LogP contribution in [0.3, 0.4) is 0 Å². The van der Waals surface area contributed by atoms with Gasteiger partial charge in [0.2, 0.25) is 11.6 Å². The topological polar surface area (TPSA) is 62.0 Å². The summed E-state index contributed by atoms with van der Waals surface area (Å²) in [6, 6.07) is 9.38. The maximum absolute atomic E-state index is 13.3. The number of amides is 1. The molecule has 24 heavy (non-hydrogen) atoms. The van der Waals surface area contributed by atoms with Crippen LogP contribution in [0.2, 0.25) is 0 Å². The van der Waals surface area contributed by atoms with Crippen LogP contribution in [0, 0.1) is 18.4 Å². The maximum atomic E-state index is 13.3. The highest BCUT2D eigenvalue weighted by Gasteiger charge is 2.56. The first-order valence-corrected chi connectivity index (χ1v) is 8.16. The number of aliphatic hydroxyl groups is 1. The Morgan fingerprint density at radius 1 is 1.33 bits per heavy atom. The highest BCUT2D eigenvalue weighted by atomic mass is 16.3. The van der Waals surface area contributed by atoms with Crippen LogP contribution in [0.25, 0.3) is 4.85 Å². The van der Waals surface area contributed by atoms with Crippen molar-refractivity contribution in [3.63, 3.8) is 0 Å². The molecule has 3 rings (SSSR count). The summed E-state index contributed by atoms with van der Waals surface area (Å²) < 4.78 is 0. The van der Waals surface area contributed by atoms with Crippen molar-refractivity contribution in [2.24, 2.45) is 11.8 Å². The number of ketones is 1. The number of fused-ring (bicyclic) bond motifs is 1.